The predicted octanol–water partition coefficient (Wildman–Crippen LogP) is 3.83. The highest BCUT2D eigenvalue weighted by molar-refractivity contribution is 8.54. The molecule has 1 unspecified atom stereocenters. The van der Waals surface area contributed by atoms with Crippen LogP contribution < -0.4 is 0 Å². The molecule has 0 aliphatic carbocycles. The molecule has 0 aliphatic rings. The van der Waals surface area contributed by atoms with Gasteiger partial charge >= 0.3 is 6.80 Å². The van der Waals surface area contributed by atoms with E-state index < -0.39 is 6.80 Å². The van der Waals surface area contributed by atoms with E-state index in [0.717, 1.165) is 43.5 Å². The maximum atomic E-state index is 11.3. The third-order valence-electron chi connectivity index (χ3n) is 1.75. The first-order chi connectivity index (χ1) is 6.62. The molecule has 0 rings (SSSR count). The molecule has 0 saturated heterocycles. The van der Waals surface area contributed by atoms with Gasteiger partial charge in [-0.25, -0.2) is 4.57 Å². The van der Waals surface area contributed by atoms with Crippen LogP contribution in [-0.2, 0) is 9.09 Å². The minimum absolute atomic E-state index is 0.394. The van der Waals surface area contributed by atoms with Gasteiger partial charge in [0.05, 0.1) is 6.61 Å². The highest BCUT2D eigenvalue weighted by Crippen LogP contribution is 2.55. The van der Waals surface area contributed by atoms with E-state index in [1.165, 1.54) is 0 Å². The summed E-state index contributed by atoms with van der Waals surface area (Å²) in [6.45, 7) is 1.19. The van der Waals surface area contributed by atoms with Crippen molar-refractivity contribution >= 4 is 18.2 Å². The van der Waals surface area contributed by atoms with Crippen LogP contribution in [0.1, 0.15) is 46.0 Å². The van der Waals surface area contributed by atoms with Crippen molar-refractivity contribution < 1.29 is 14.0 Å². The molecule has 0 aromatic heterocycles. The highest BCUT2D eigenvalue weighted by Gasteiger charge is 2.18. The normalized spacial score (nSPS) is 15.4. The van der Waals surface area contributed by atoms with Crippen LogP contribution in [0.2, 0.25) is 0 Å². The van der Waals surface area contributed by atoms with E-state index in [0.29, 0.717) is 12.4 Å². The molecule has 1 N–H and O–H groups in total. The van der Waals surface area contributed by atoms with Crippen LogP contribution in [0.4, 0.5) is 0 Å². The Hall–Kier alpha value is 0.500. The van der Waals surface area contributed by atoms with Gasteiger partial charge in [0.2, 0.25) is 0 Å². The van der Waals surface area contributed by atoms with Crippen molar-refractivity contribution in [3.8, 4) is 0 Å². The van der Waals surface area contributed by atoms with Gasteiger partial charge in [0.15, 0.2) is 0 Å². The average Bonchev–Trinajstić information content (AvgIpc) is 2.13. The minimum atomic E-state index is -3.35. The van der Waals surface area contributed by atoms with Gasteiger partial charge in [-0.2, -0.15) is 0 Å². The second kappa shape index (κ2) is 8.78. The first-order valence-electron chi connectivity index (χ1n) is 5.24. The summed E-state index contributed by atoms with van der Waals surface area (Å²) in [4.78, 5) is 9.34. The molecule has 5 heteroatoms. The molecule has 1 atom stereocenters. The van der Waals surface area contributed by atoms with Crippen LogP contribution in [0.5, 0.6) is 0 Å². The molecule has 0 aromatic rings. The Morgan fingerprint density at radius 1 is 1.21 bits per heavy atom. The second-order valence-electron chi connectivity index (χ2n) is 3.20. The maximum absolute atomic E-state index is 11.3. The predicted molar refractivity (Wildman–Crippen MR) is 62.7 cm³/mol. The topological polar surface area (TPSA) is 46.5 Å². The van der Waals surface area contributed by atoms with Crippen molar-refractivity contribution in [3.63, 3.8) is 0 Å². The Morgan fingerprint density at radius 2 is 1.86 bits per heavy atom. The van der Waals surface area contributed by atoms with E-state index in [-0.39, 0.29) is 0 Å². The van der Waals surface area contributed by atoms with Crippen molar-refractivity contribution in [2.24, 2.45) is 0 Å². The molecule has 0 radical (unpaired) electrons. The molecule has 14 heavy (non-hydrogen) atoms. The fourth-order valence-corrected chi connectivity index (χ4v) is 3.42. The molecule has 86 valence electrons. The van der Waals surface area contributed by atoms with Gasteiger partial charge in [-0.1, -0.05) is 33.1 Å². The Balaban J connectivity index is 3.46. The van der Waals surface area contributed by atoms with Gasteiger partial charge in [0, 0.05) is 5.75 Å². The fraction of sp³-hybridized carbons (Fsp3) is 1.00. The Bertz CT molecular complexity index is 175. The molecule has 0 bridgehead atoms. The summed E-state index contributed by atoms with van der Waals surface area (Å²) in [5.74, 6) is 0.716. The van der Waals surface area contributed by atoms with Crippen molar-refractivity contribution in [3.05, 3.63) is 0 Å². The summed E-state index contributed by atoms with van der Waals surface area (Å²) in [5.41, 5.74) is 0. The summed E-state index contributed by atoms with van der Waals surface area (Å²) >= 11 is 1.06. The van der Waals surface area contributed by atoms with E-state index in [1.54, 1.807) is 0 Å². The van der Waals surface area contributed by atoms with Crippen molar-refractivity contribution in [2.75, 3.05) is 12.4 Å². The molecule has 3 nitrogen and oxygen atoms in total. The van der Waals surface area contributed by atoms with Crippen LogP contribution in [-0.4, -0.2) is 17.3 Å². The third-order valence-corrected chi connectivity index (χ3v) is 4.90. The van der Waals surface area contributed by atoms with Crippen LogP contribution >= 0.6 is 18.2 Å². The first-order valence-corrected chi connectivity index (χ1v) is 8.41. The number of hydrogen-bond acceptors (Lipinski definition) is 3. The lowest BCUT2D eigenvalue weighted by Gasteiger charge is -2.10. The second-order valence-corrected chi connectivity index (χ2v) is 7.22. The molecule has 0 saturated carbocycles. The summed E-state index contributed by atoms with van der Waals surface area (Å²) in [5, 5.41) is 0. The van der Waals surface area contributed by atoms with E-state index in [4.69, 9.17) is 4.52 Å². The quantitative estimate of drug-likeness (QED) is 0.491. The number of hydrogen-bond donors (Lipinski definition) is 1. The monoisotopic (exact) mass is 240 g/mol. The lowest BCUT2D eigenvalue weighted by molar-refractivity contribution is 0.271. The molecule has 0 aliphatic heterocycles. The van der Waals surface area contributed by atoms with E-state index in [1.807, 2.05) is 6.92 Å². The highest BCUT2D eigenvalue weighted by atomic mass is 32.7. The molecule has 0 spiro atoms. The van der Waals surface area contributed by atoms with Crippen LogP contribution in [0.3, 0.4) is 0 Å². The van der Waals surface area contributed by atoms with E-state index in [2.05, 4.69) is 6.92 Å². The van der Waals surface area contributed by atoms with Crippen LogP contribution in [0, 0.1) is 0 Å². The lowest BCUT2D eigenvalue weighted by Crippen LogP contribution is -1.90. The Labute approximate surface area is 90.9 Å². The lowest BCUT2D eigenvalue weighted by atomic mass is 10.3. The molecule has 0 amide bonds. The van der Waals surface area contributed by atoms with Crippen molar-refractivity contribution in [2.45, 2.75) is 46.0 Å². The Kier molecular flexibility index (Phi) is 9.09. The van der Waals surface area contributed by atoms with Gasteiger partial charge < -0.3 is 9.42 Å². The number of rotatable bonds is 9. The fourth-order valence-electron chi connectivity index (χ4n) is 0.893. The minimum Gasteiger partial charge on any atom is -0.316 e. The van der Waals surface area contributed by atoms with Gasteiger partial charge in [0.1, 0.15) is 0 Å². The smallest absolute Gasteiger partial charge is 0.316 e. The Morgan fingerprint density at radius 3 is 2.43 bits per heavy atom. The van der Waals surface area contributed by atoms with Crippen LogP contribution in [0.25, 0.3) is 0 Å². The average molecular weight is 240 g/mol. The van der Waals surface area contributed by atoms with E-state index >= 15 is 0 Å². The van der Waals surface area contributed by atoms with Gasteiger partial charge in [-0.15, -0.1) is 0 Å². The summed E-state index contributed by atoms with van der Waals surface area (Å²) in [7, 11) is 0. The van der Waals surface area contributed by atoms with Gasteiger partial charge in [-0.05, 0) is 24.2 Å². The molecule has 0 aromatic carbocycles. The zero-order chi connectivity index (χ0) is 10.9. The van der Waals surface area contributed by atoms with Crippen molar-refractivity contribution in [1.82, 2.24) is 0 Å². The number of unbranched alkanes of at least 4 members (excludes halogenated alkanes) is 3. The summed E-state index contributed by atoms with van der Waals surface area (Å²) in [6, 6.07) is 0. The van der Waals surface area contributed by atoms with E-state index in [9.17, 15) is 9.46 Å². The van der Waals surface area contributed by atoms with Gasteiger partial charge in [0.25, 0.3) is 0 Å². The molecular formula is C9H21O3PS. The third kappa shape index (κ3) is 9.07. The van der Waals surface area contributed by atoms with Crippen LogP contribution in [0.15, 0.2) is 0 Å². The maximum Gasteiger partial charge on any atom is 0.386 e. The molecular weight excluding hydrogens is 219 g/mol. The zero-order valence-electron chi connectivity index (χ0n) is 9.07. The largest absolute Gasteiger partial charge is 0.386 e. The first kappa shape index (κ1) is 14.5. The molecule has 0 fully saturated rings. The SMILES string of the molecule is CCCCCSP(=O)(O)OCCCC. The van der Waals surface area contributed by atoms with Crippen molar-refractivity contribution in [1.29, 1.82) is 0 Å². The zero-order valence-corrected chi connectivity index (χ0v) is 10.8. The summed E-state index contributed by atoms with van der Waals surface area (Å²) < 4.78 is 16.3. The summed E-state index contributed by atoms with van der Waals surface area (Å²) in [6.07, 6.45) is 5.07. The molecule has 0 heterocycles. The van der Waals surface area contributed by atoms with Gasteiger partial charge in [-0.3, -0.25) is 0 Å². The standard InChI is InChI=1S/C9H21O3PS/c1-3-5-7-9-14-13(10,11)12-8-6-4-2/h3-9H2,1-2H3,(H,10,11).